The van der Waals surface area contributed by atoms with Gasteiger partial charge in [0.05, 0.1) is 0 Å². The Bertz CT molecular complexity index is 669. The first kappa shape index (κ1) is 16.0. The molecule has 0 saturated carbocycles. The fraction of sp³-hybridized carbons (Fsp3) is 0.176. The van der Waals surface area contributed by atoms with Crippen molar-refractivity contribution in [3.63, 3.8) is 0 Å². The van der Waals surface area contributed by atoms with Crippen LogP contribution in [0.4, 0.5) is 5.69 Å². The molecule has 2 aromatic rings. The molecule has 2 aromatic carbocycles. The Labute approximate surface area is 134 Å². The third kappa shape index (κ3) is 4.60. The minimum Gasteiger partial charge on any atom is -0.347 e. The van der Waals surface area contributed by atoms with E-state index in [1.54, 1.807) is 18.2 Å². The highest BCUT2D eigenvalue weighted by atomic mass is 35.5. The van der Waals surface area contributed by atoms with Crippen molar-refractivity contribution >= 4 is 29.1 Å². The van der Waals surface area contributed by atoms with Crippen molar-refractivity contribution in [2.45, 2.75) is 13.3 Å². The Kier molecular flexibility index (Phi) is 5.55. The predicted molar refractivity (Wildman–Crippen MR) is 88.0 cm³/mol. The molecule has 0 aliphatic rings. The lowest BCUT2D eigenvalue weighted by Crippen LogP contribution is -2.36. The zero-order valence-corrected chi connectivity index (χ0v) is 13.0. The molecular weight excluding hydrogens is 300 g/mol. The van der Waals surface area contributed by atoms with Crippen LogP contribution in [0.15, 0.2) is 48.5 Å². The van der Waals surface area contributed by atoms with E-state index in [0.717, 1.165) is 11.1 Å². The van der Waals surface area contributed by atoms with Crippen LogP contribution in [-0.2, 0) is 16.0 Å². The Morgan fingerprint density at radius 1 is 1.00 bits per heavy atom. The highest BCUT2D eigenvalue weighted by Gasteiger charge is 2.13. The van der Waals surface area contributed by atoms with E-state index in [0.29, 0.717) is 23.7 Å². The minimum absolute atomic E-state index is 0.351. The second kappa shape index (κ2) is 7.61. The summed E-state index contributed by atoms with van der Waals surface area (Å²) in [5, 5.41) is 5.79. The molecule has 0 bridgehead atoms. The SMILES string of the molecule is Cc1ccc(NC(=O)C(=O)NCCc2ccccc2Cl)cc1. The molecule has 0 unspecified atom stereocenters. The van der Waals surface area contributed by atoms with Gasteiger partial charge in [0.2, 0.25) is 0 Å². The Morgan fingerprint density at radius 2 is 1.68 bits per heavy atom. The number of hydrogen-bond acceptors (Lipinski definition) is 2. The molecule has 2 amide bonds. The van der Waals surface area contributed by atoms with Gasteiger partial charge in [0, 0.05) is 17.3 Å². The third-order valence-corrected chi connectivity index (χ3v) is 3.52. The molecule has 114 valence electrons. The first-order valence-electron chi connectivity index (χ1n) is 6.95. The summed E-state index contributed by atoms with van der Waals surface area (Å²) in [7, 11) is 0. The number of carbonyl (C=O) groups is 2. The van der Waals surface area contributed by atoms with E-state index >= 15 is 0 Å². The van der Waals surface area contributed by atoms with Crippen molar-refractivity contribution < 1.29 is 9.59 Å². The van der Waals surface area contributed by atoms with E-state index in [4.69, 9.17) is 11.6 Å². The van der Waals surface area contributed by atoms with Crippen LogP contribution in [0.3, 0.4) is 0 Å². The highest BCUT2D eigenvalue weighted by molar-refractivity contribution is 6.39. The Morgan fingerprint density at radius 3 is 2.36 bits per heavy atom. The molecule has 0 aliphatic carbocycles. The molecule has 2 rings (SSSR count). The van der Waals surface area contributed by atoms with Crippen LogP contribution >= 0.6 is 11.6 Å². The molecular formula is C17H17ClN2O2. The van der Waals surface area contributed by atoms with Gasteiger partial charge < -0.3 is 10.6 Å². The minimum atomic E-state index is -0.678. The lowest BCUT2D eigenvalue weighted by Gasteiger charge is -2.07. The van der Waals surface area contributed by atoms with Crippen LogP contribution in [0.25, 0.3) is 0 Å². The summed E-state index contributed by atoms with van der Waals surface area (Å²) in [6.45, 7) is 2.30. The molecule has 2 N–H and O–H groups in total. The summed E-state index contributed by atoms with van der Waals surface area (Å²) in [6, 6.07) is 14.7. The van der Waals surface area contributed by atoms with Crippen LogP contribution in [-0.4, -0.2) is 18.4 Å². The molecule has 5 heteroatoms. The average Bonchev–Trinajstić information content (AvgIpc) is 2.51. The molecule has 0 aromatic heterocycles. The molecule has 0 fully saturated rings. The van der Waals surface area contributed by atoms with Crippen LogP contribution < -0.4 is 10.6 Å². The summed E-state index contributed by atoms with van der Waals surface area (Å²) in [5.41, 5.74) is 2.61. The van der Waals surface area contributed by atoms with E-state index in [9.17, 15) is 9.59 Å². The van der Waals surface area contributed by atoms with Gasteiger partial charge in [-0.15, -0.1) is 0 Å². The van der Waals surface area contributed by atoms with Crippen molar-refractivity contribution in [1.82, 2.24) is 5.32 Å². The van der Waals surface area contributed by atoms with Crippen LogP contribution in [0.1, 0.15) is 11.1 Å². The highest BCUT2D eigenvalue weighted by Crippen LogP contribution is 2.14. The molecule has 0 heterocycles. The standard InChI is InChI=1S/C17H17ClN2O2/c1-12-6-8-14(9-7-12)20-17(22)16(21)19-11-10-13-4-2-3-5-15(13)18/h2-9H,10-11H2,1H3,(H,19,21)(H,20,22). The van der Waals surface area contributed by atoms with Gasteiger partial charge in [-0.2, -0.15) is 0 Å². The third-order valence-electron chi connectivity index (χ3n) is 3.15. The second-order valence-corrected chi connectivity index (χ2v) is 5.32. The van der Waals surface area contributed by atoms with E-state index in [1.165, 1.54) is 0 Å². The Hall–Kier alpha value is -2.33. The smallest absolute Gasteiger partial charge is 0.313 e. The number of halogens is 1. The number of rotatable bonds is 4. The van der Waals surface area contributed by atoms with E-state index < -0.39 is 11.8 Å². The van der Waals surface area contributed by atoms with Crippen molar-refractivity contribution in [1.29, 1.82) is 0 Å². The predicted octanol–water partition coefficient (Wildman–Crippen LogP) is 2.95. The first-order valence-corrected chi connectivity index (χ1v) is 7.33. The van der Waals surface area contributed by atoms with Crippen LogP contribution in [0.2, 0.25) is 5.02 Å². The second-order valence-electron chi connectivity index (χ2n) is 4.92. The van der Waals surface area contributed by atoms with Gasteiger partial charge >= 0.3 is 11.8 Å². The van der Waals surface area contributed by atoms with Crippen molar-refractivity contribution in [2.24, 2.45) is 0 Å². The lowest BCUT2D eigenvalue weighted by atomic mass is 10.1. The number of aryl methyl sites for hydroxylation is 1. The summed E-state index contributed by atoms with van der Waals surface area (Å²) in [6.07, 6.45) is 0.573. The maximum absolute atomic E-state index is 11.8. The average molecular weight is 317 g/mol. The molecule has 0 spiro atoms. The lowest BCUT2D eigenvalue weighted by molar-refractivity contribution is -0.136. The van der Waals surface area contributed by atoms with Gasteiger partial charge in [-0.3, -0.25) is 9.59 Å². The molecule has 0 atom stereocenters. The molecule has 0 aliphatic heterocycles. The summed E-state index contributed by atoms with van der Waals surface area (Å²) in [5.74, 6) is -1.34. The van der Waals surface area contributed by atoms with Gasteiger partial charge in [-0.25, -0.2) is 0 Å². The summed E-state index contributed by atoms with van der Waals surface area (Å²) in [4.78, 5) is 23.5. The van der Waals surface area contributed by atoms with E-state index in [1.807, 2.05) is 37.3 Å². The Balaban J connectivity index is 1.80. The molecule has 4 nitrogen and oxygen atoms in total. The van der Waals surface area contributed by atoms with Gasteiger partial charge in [0.15, 0.2) is 0 Å². The number of nitrogens with one attached hydrogen (secondary N) is 2. The number of hydrogen-bond donors (Lipinski definition) is 2. The molecule has 0 saturated heterocycles. The van der Waals surface area contributed by atoms with Gasteiger partial charge in [-0.1, -0.05) is 47.5 Å². The first-order chi connectivity index (χ1) is 10.6. The zero-order chi connectivity index (χ0) is 15.9. The van der Waals surface area contributed by atoms with Crippen molar-refractivity contribution in [2.75, 3.05) is 11.9 Å². The van der Waals surface area contributed by atoms with Crippen LogP contribution in [0, 0.1) is 6.92 Å². The topological polar surface area (TPSA) is 58.2 Å². The van der Waals surface area contributed by atoms with Gasteiger partial charge in [0.25, 0.3) is 0 Å². The van der Waals surface area contributed by atoms with Crippen molar-refractivity contribution in [3.05, 3.63) is 64.7 Å². The summed E-state index contributed by atoms with van der Waals surface area (Å²) < 4.78 is 0. The quantitative estimate of drug-likeness (QED) is 0.852. The number of carbonyl (C=O) groups excluding carboxylic acids is 2. The fourth-order valence-electron chi connectivity index (χ4n) is 1.92. The van der Waals surface area contributed by atoms with Gasteiger partial charge in [0.1, 0.15) is 0 Å². The monoisotopic (exact) mass is 316 g/mol. The maximum Gasteiger partial charge on any atom is 0.313 e. The molecule has 22 heavy (non-hydrogen) atoms. The van der Waals surface area contributed by atoms with E-state index in [-0.39, 0.29) is 0 Å². The van der Waals surface area contributed by atoms with Crippen LogP contribution in [0.5, 0.6) is 0 Å². The zero-order valence-electron chi connectivity index (χ0n) is 12.2. The largest absolute Gasteiger partial charge is 0.347 e. The number of benzene rings is 2. The molecule has 0 radical (unpaired) electrons. The number of anilines is 1. The van der Waals surface area contributed by atoms with Crippen molar-refractivity contribution in [3.8, 4) is 0 Å². The van der Waals surface area contributed by atoms with E-state index in [2.05, 4.69) is 10.6 Å². The van der Waals surface area contributed by atoms with Gasteiger partial charge in [-0.05, 0) is 37.1 Å². The summed E-state index contributed by atoms with van der Waals surface area (Å²) >= 11 is 6.03. The number of amides is 2. The normalized spacial score (nSPS) is 10.1. The fourth-order valence-corrected chi connectivity index (χ4v) is 2.15. The maximum atomic E-state index is 11.8.